The molecule has 42 heteroatoms. The van der Waals surface area contributed by atoms with Gasteiger partial charge in [-0.25, -0.2) is 14.4 Å². The summed E-state index contributed by atoms with van der Waals surface area (Å²) in [4.78, 5) is 176. The monoisotopic (exact) mass is 3090 g/mol. The summed E-state index contributed by atoms with van der Waals surface area (Å²) < 4.78 is 73.4. The quantitative estimate of drug-likeness (QED) is 0.0124. The summed E-state index contributed by atoms with van der Waals surface area (Å²) >= 11 is 17.7. The summed E-state index contributed by atoms with van der Waals surface area (Å²) in [5, 5.41) is 9.89. The summed E-state index contributed by atoms with van der Waals surface area (Å²) in [6, 6.07) is 25.3. The summed E-state index contributed by atoms with van der Waals surface area (Å²) in [6.07, 6.45) is 8.73. The van der Waals surface area contributed by atoms with Crippen molar-refractivity contribution < 1.29 is 133 Å². The summed E-state index contributed by atoms with van der Waals surface area (Å²) in [5.41, 5.74) is 2.06. The molecule has 5 heterocycles. The first kappa shape index (κ1) is 133. The minimum atomic E-state index is -0.874. The van der Waals surface area contributed by atoms with E-state index in [0.29, 0.717) is 19.7 Å². The van der Waals surface area contributed by atoms with Crippen molar-refractivity contribution in [2.24, 2.45) is 41.4 Å². The van der Waals surface area contributed by atoms with Gasteiger partial charge in [-0.3, -0.25) is 52.7 Å². The van der Waals surface area contributed by atoms with Gasteiger partial charge in [0.25, 0.3) is 0 Å². The molecule has 5 saturated heterocycles. The number of rotatable bonds is 37. The number of ether oxygens (including phenoxy) is 14. The molecule has 0 bridgehead atoms. The Morgan fingerprint density at radius 3 is 0.859 bits per heavy atom. The number of hydrogen-bond donors (Lipinski definition) is 3. The number of hydrogen-bond acceptors (Lipinski definition) is 32. The van der Waals surface area contributed by atoms with E-state index in [0.717, 1.165) is 117 Å². The number of piperidine rings is 5. The third kappa shape index (κ3) is 44.8. The van der Waals surface area contributed by atoms with E-state index in [1.54, 1.807) is 74.1 Å². The highest BCUT2D eigenvalue weighted by atomic mass is 127. The van der Waals surface area contributed by atoms with Crippen molar-refractivity contribution in [3.05, 3.63) is 107 Å². The maximum absolute atomic E-state index is 13.0. The fourth-order valence-electron chi connectivity index (χ4n) is 16.8. The first-order valence-corrected chi connectivity index (χ1v) is 61.0. The standard InChI is InChI=1S/C26H30INO4.C22H29I2NO6.C21H27I2NO6.C20H33I2NO6.C18H29I2NO6/c1-17(27)24(29)32-26(2,3)18-12-14-28(15-13-18)25(30)31-16-23-21-10-6-4-8-19(21)20-9-5-7-11-22(20)23;1-13(23)19(26)29-17-10-15(11-18(12-17)30-20(27)14(2)24)21(28)31-22(3,4)16-6-8-25(5)9-7-16;1-12(22)18(25)28-16-9-14(10-17(11-16)29-19(26)13(2)23)20(27)30-21(3,4)15-5-7-24-8-6-15;1-18(2,21)16(25)27-11-13(12-28-17(26)19(3,4)22)15(24)29-20(5,6)14-7-9-23-10-8-14;1-11(19)15(22)25-9-13(10-26-16(23)12(2)20)17(24)27-18(3,4)14-5-7-21-8-6-14/h4-11,17-18,23H,12-16H2,1-3H3;10-14,16H,6-9H2,1-5H3;9-13,15,24H,5-8H2,1-4H3;13-14,23H,7-12H2,1-6H3;11-14,21H,5-10H2,1-4H3. The van der Waals surface area contributed by atoms with Crippen LogP contribution in [0.1, 0.15) is 247 Å². The first-order valence-electron chi connectivity index (χ1n) is 50.1. The number of amides is 1. The van der Waals surface area contributed by atoms with E-state index >= 15 is 0 Å². The number of nitrogens with zero attached hydrogens (tertiary/aromatic N) is 2. The first-order chi connectivity index (χ1) is 69.3. The van der Waals surface area contributed by atoms with Gasteiger partial charge >= 0.3 is 83.7 Å². The molecule has 0 radical (unpaired) electrons. The number of likely N-dealkylation sites (tertiary alicyclic amines) is 2. The lowest BCUT2D eigenvalue weighted by atomic mass is 9.83. The minimum Gasteiger partial charge on any atom is -0.464 e. The maximum Gasteiger partial charge on any atom is 0.409 e. The Morgan fingerprint density at radius 2 is 0.577 bits per heavy atom. The molecule has 33 nitrogen and oxygen atoms in total. The summed E-state index contributed by atoms with van der Waals surface area (Å²) in [7, 11) is 2.08. The molecule has 149 heavy (non-hydrogen) atoms. The Bertz CT molecular complexity index is 4960. The molecular weight excluding hydrogens is 2950 g/mol. The highest BCUT2D eigenvalue weighted by molar-refractivity contribution is 14.1. The average molecular weight is 3090 g/mol. The zero-order valence-electron chi connectivity index (χ0n) is 89.1. The molecule has 1 amide bonds. The highest BCUT2D eigenvalue weighted by Crippen LogP contribution is 2.46. The molecule has 7 atom stereocenters. The molecule has 1 aliphatic carbocycles. The SMILES string of the molecule is CC(C)(I)C(=O)OCC(COC(=O)C(C)(C)I)C(=O)OC(C)(C)C1CCNCC1.CC(I)C(=O)OC(C)(C)C1CCN(C(=O)OCC2c3ccccc3-c3ccccc32)CC1.CC(I)C(=O)OCC(COC(=O)C(C)I)C(=O)OC(C)(C)C1CCNCC1.CC(I)C(=O)Oc1cc(OC(=O)C(C)I)cc(C(=O)OC(C)(C)C2CCN(C)CC2)c1.CC(I)C(=O)Oc1cc(OC(=O)C(C)I)cc(C(=O)OC(C)(C)C2CCNCC2)c1. The van der Waals surface area contributed by atoms with Crippen LogP contribution in [0.25, 0.3) is 11.1 Å². The lowest BCUT2D eigenvalue weighted by molar-refractivity contribution is -0.176. The Morgan fingerprint density at radius 1 is 0.322 bits per heavy atom. The van der Waals surface area contributed by atoms with Gasteiger partial charge in [-0.15, -0.1) is 0 Å². The number of halogens is 9. The number of alkyl halides is 9. The van der Waals surface area contributed by atoms with Crippen molar-refractivity contribution in [1.82, 2.24) is 25.8 Å². The predicted octanol–water partition coefficient (Wildman–Crippen LogP) is 20.4. The molecule has 0 spiro atoms. The zero-order valence-corrected chi connectivity index (χ0v) is 109. The van der Waals surface area contributed by atoms with Crippen LogP contribution in [-0.2, 0) is 100 Å². The van der Waals surface area contributed by atoms with Crippen molar-refractivity contribution in [2.75, 3.05) is 106 Å². The van der Waals surface area contributed by atoms with E-state index < -0.39 is 118 Å². The van der Waals surface area contributed by atoms with Gasteiger partial charge in [-0.05, 0) is 316 Å². The second-order valence-corrected chi connectivity index (χ2v) is 59.9. The maximum atomic E-state index is 13.0. The van der Waals surface area contributed by atoms with Gasteiger partial charge in [0.05, 0.1) is 11.1 Å². The number of fused-ring (bicyclic) bond motifs is 3. The van der Waals surface area contributed by atoms with Crippen LogP contribution in [0.3, 0.4) is 0 Å². The van der Waals surface area contributed by atoms with Gasteiger partial charge in [0.2, 0.25) is 0 Å². The number of carbonyl (C=O) groups is 14. The van der Waals surface area contributed by atoms with Gasteiger partial charge in [-0.1, -0.05) is 252 Å². The van der Waals surface area contributed by atoms with Gasteiger partial charge in [0.15, 0.2) is 0 Å². The normalized spacial score (nSPS) is 17.4. The van der Waals surface area contributed by atoms with Crippen molar-refractivity contribution >= 4 is 287 Å². The molecule has 5 aliphatic heterocycles. The Kier molecular flexibility index (Phi) is 55.7. The average Bonchev–Trinajstić information content (AvgIpc) is 1.61. The Hall–Kier alpha value is -4.33. The third-order valence-electron chi connectivity index (χ3n) is 26.2. The molecule has 4 aromatic rings. The highest BCUT2D eigenvalue weighted by Gasteiger charge is 2.45. The van der Waals surface area contributed by atoms with Crippen LogP contribution < -0.4 is 34.9 Å². The summed E-state index contributed by atoms with van der Waals surface area (Å²) in [6.45, 7) is 46.2. The van der Waals surface area contributed by atoms with Gasteiger partial charge in [0.1, 0.15) is 130 Å². The number of nitrogens with one attached hydrogen (secondary N) is 3. The van der Waals surface area contributed by atoms with E-state index in [2.05, 4.69) is 74.8 Å². The van der Waals surface area contributed by atoms with Crippen molar-refractivity contribution in [2.45, 2.75) is 278 Å². The second-order valence-electron chi connectivity index (χ2n) is 41.5. The van der Waals surface area contributed by atoms with Crippen LogP contribution in [-0.4, -0.2) is 261 Å². The molecule has 4 aromatic carbocycles. The van der Waals surface area contributed by atoms with Gasteiger partial charge in [0, 0.05) is 60.7 Å². The molecule has 0 saturated carbocycles. The molecule has 832 valence electrons. The van der Waals surface area contributed by atoms with E-state index in [9.17, 15) is 67.1 Å². The molecule has 5 fully saturated rings. The van der Waals surface area contributed by atoms with Crippen molar-refractivity contribution in [3.63, 3.8) is 0 Å². The molecule has 7 unspecified atom stereocenters. The predicted molar refractivity (Wildman–Crippen MR) is 643 cm³/mol. The van der Waals surface area contributed by atoms with Crippen LogP contribution in [0.2, 0.25) is 0 Å². The lowest BCUT2D eigenvalue weighted by Crippen LogP contribution is -2.46. The Labute approximate surface area is 1000 Å². The van der Waals surface area contributed by atoms with Gasteiger partial charge < -0.3 is 92.1 Å². The molecule has 10 rings (SSSR count). The topological polar surface area (TPSA) is 411 Å². The second kappa shape index (κ2) is 62.3. The van der Waals surface area contributed by atoms with E-state index in [1.807, 2.05) is 281 Å². The summed E-state index contributed by atoms with van der Waals surface area (Å²) in [5.74, 6) is -5.84. The molecular formula is C107H148I9N5O28. The van der Waals surface area contributed by atoms with Crippen molar-refractivity contribution in [1.29, 1.82) is 0 Å². The minimum absolute atomic E-state index is 0.0671. The molecule has 6 aliphatic rings. The van der Waals surface area contributed by atoms with Crippen molar-refractivity contribution in [3.8, 4) is 34.1 Å². The van der Waals surface area contributed by atoms with Crippen LogP contribution in [0.5, 0.6) is 23.0 Å². The zero-order chi connectivity index (χ0) is 112. The fourth-order valence-corrected chi connectivity index (χ4v) is 18.1. The van der Waals surface area contributed by atoms with Crippen LogP contribution in [0.15, 0.2) is 84.9 Å². The Balaban J connectivity index is 0.000000285. The fraction of sp³-hybridized carbons (Fsp3) is 0.645. The smallest absolute Gasteiger partial charge is 0.409 e. The largest absolute Gasteiger partial charge is 0.464 e. The van der Waals surface area contributed by atoms with E-state index in [4.69, 9.17) is 66.3 Å². The van der Waals surface area contributed by atoms with E-state index in [-0.39, 0.29) is 136 Å². The van der Waals surface area contributed by atoms with Gasteiger partial charge in [-0.2, -0.15) is 0 Å². The molecule has 0 aromatic heterocycles. The van der Waals surface area contributed by atoms with Crippen LogP contribution >= 0.6 is 203 Å². The van der Waals surface area contributed by atoms with E-state index in [1.165, 1.54) is 58.7 Å². The van der Waals surface area contributed by atoms with Crippen LogP contribution in [0.4, 0.5) is 4.79 Å². The lowest BCUT2D eigenvalue weighted by Gasteiger charge is -2.40. The molecule has 3 N–H and O–H groups in total. The number of carbonyl (C=O) groups excluding carboxylic acids is 14. The number of benzene rings is 4. The van der Waals surface area contributed by atoms with Crippen LogP contribution in [0, 0.1) is 41.4 Å². The third-order valence-corrected chi connectivity index (χ3v) is 30.7. The number of esters is 13.